The number of sulfonamides is 1. The Bertz CT molecular complexity index is 1120. The van der Waals surface area contributed by atoms with Crippen LogP contribution >= 0.6 is 11.6 Å². The van der Waals surface area contributed by atoms with Crippen LogP contribution in [-0.2, 0) is 27.9 Å². The molecule has 3 aromatic carbocycles. The van der Waals surface area contributed by atoms with Gasteiger partial charge in [0.05, 0.1) is 18.5 Å². The molecule has 0 bridgehead atoms. The number of halogens is 1. The maximum Gasteiger partial charge on any atom is 0.258 e. The highest BCUT2D eigenvalue weighted by molar-refractivity contribution is 7.92. The lowest BCUT2D eigenvalue weighted by atomic mass is 10.2. The molecule has 0 spiro atoms. The molecule has 1 N–H and O–H groups in total. The fraction of sp³-hybridized carbons (Fsp3) is 0.174. The minimum Gasteiger partial charge on any atom is -0.484 e. The minimum absolute atomic E-state index is 0.163. The van der Waals surface area contributed by atoms with Gasteiger partial charge in [-0.1, -0.05) is 60.1 Å². The molecule has 0 atom stereocenters. The summed E-state index contributed by atoms with van der Waals surface area (Å²) in [5.74, 6) is 0.177. The van der Waals surface area contributed by atoms with E-state index in [-0.39, 0.29) is 19.1 Å². The van der Waals surface area contributed by atoms with Crippen LogP contribution in [0.25, 0.3) is 0 Å². The van der Waals surface area contributed by atoms with Gasteiger partial charge in [0.1, 0.15) is 5.75 Å². The molecule has 1 amide bonds. The van der Waals surface area contributed by atoms with Gasteiger partial charge in [0.2, 0.25) is 10.0 Å². The first kappa shape index (κ1) is 22.7. The predicted octanol–water partition coefficient (Wildman–Crippen LogP) is 4.00. The van der Waals surface area contributed by atoms with Crippen molar-refractivity contribution in [3.63, 3.8) is 0 Å². The van der Waals surface area contributed by atoms with Gasteiger partial charge in [-0.2, -0.15) is 0 Å². The number of carbonyl (C=O) groups is 1. The van der Waals surface area contributed by atoms with E-state index in [0.29, 0.717) is 23.0 Å². The number of hydrogen-bond acceptors (Lipinski definition) is 4. The van der Waals surface area contributed by atoms with Crippen molar-refractivity contribution in [1.29, 1.82) is 0 Å². The Labute approximate surface area is 187 Å². The highest BCUT2D eigenvalue weighted by atomic mass is 35.5. The predicted molar refractivity (Wildman–Crippen MR) is 123 cm³/mol. The standard InChI is InChI=1S/C23H23ClN2O4S/c1-31(28,29)26(16-18-7-3-2-4-8-18)20-11-13-21(14-12-20)30-17-23(27)25-15-19-9-5-6-10-22(19)24/h2-14H,15-17H2,1H3,(H,25,27). The summed E-state index contributed by atoms with van der Waals surface area (Å²) in [5.41, 5.74) is 2.21. The fourth-order valence-corrected chi connectivity index (χ4v) is 3.98. The van der Waals surface area contributed by atoms with Gasteiger partial charge in [0, 0.05) is 11.6 Å². The lowest BCUT2D eigenvalue weighted by molar-refractivity contribution is -0.123. The smallest absolute Gasteiger partial charge is 0.258 e. The van der Waals surface area contributed by atoms with Crippen LogP contribution in [0.15, 0.2) is 78.9 Å². The average Bonchev–Trinajstić information content (AvgIpc) is 2.76. The number of nitrogens with zero attached hydrogens (tertiary/aromatic N) is 1. The van der Waals surface area contributed by atoms with Crippen LogP contribution in [0, 0.1) is 0 Å². The second kappa shape index (κ2) is 10.3. The van der Waals surface area contributed by atoms with Crippen LogP contribution in [-0.4, -0.2) is 27.2 Å². The van der Waals surface area contributed by atoms with Crippen LogP contribution in [0.3, 0.4) is 0 Å². The topological polar surface area (TPSA) is 75.7 Å². The van der Waals surface area contributed by atoms with Gasteiger partial charge in [0.25, 0.3) is 5.91 Å². The largest absolute Gasteiger partial charge is 0.484 e. The van der Waals surface area contributed by atoms with Crippen LogP contribution in [0.5, 0.6) is 5.75 Å². The second-order valence-electron chi connectivity index (χ2n) is 6.91. The molecule has 162 valence electrons. The van der Waals surface area contributed by atoms with Gasteiger partial charge in [-0.3, -0.25) is 9.10 Å². The first-order chi connectivity index (χ1) is 14.8. The van der Waals surface area contributed by atoms with E-state index in [2.05, 4.69) is 5.32 Å². The zero-order chi connectivity index (χ0) is 22.3. The molecule has 6 nitrogen and oxygen atoms in total. The molecule has 0 aliphatic carbocycles. The van der Waals surface area contributed by atoms with Gasteiger partial charge in [-0.25, -0.2) is 8.42 Å². The van der Waals surface area contributed by atoms with E-state index in [1.165, 1.54) is 10.6 Å². The van der Waals surface area contributed by atoms with Crippen LogP contribution < -0.4 is 14.4 Å². The average molecular weight is 459 g/mol. The van der Waals surface area contributed by atoms with Crippen molar-refractivity contribution in [3.05, 3.63) is 95.0 Å². The molecule has 31 heavy (non-hydrogen) atoms. The molecule has 0 aromatic heterocycles. The van der Waals surface area contributed by atoms with Crippen molar-refractivity contribution in [3.8, 4) is 5.75 Å². The first-order valence-electron chi connectivity index (χ1n) is 9.57. The molecular formula is C23H23ClN2O4S. The quantitative estimate of drug-likeness (QED) is 0.525. The Morgan fingerprint density at radius 2 is 1.61 bits per heavy atom. The Kier molecular flexibility index (Phi) is 7.55. The summed E-state index contributed by atoms with van der Waals surface area (Å²) < 4.78 is 31.4. The maximum atomic E-state index is 12.3. The molecular weight excluding hydrogens is 436 g/mol. The SMILES string of the molecule is CS(=O)(=O)N(Cc1ccccc1)c1ccc(OCC(=O)NCc2ccccc2Cl)cc1. The summed E-state index contributed by atoms with van der Waals surface area (Å²) in [7, 11) is -3.47. The lowest BCUT2D eigenvalue weighted by Crippen LogP contribution is -2.29. The van der Waals surface area contributed by atoms with E-state index >= 15 is 0 Å². The number of nitrogens with one attached hydrogen (secondary N) is 1. The van der Waals surface area contributed by atoms with Crippen molar-refractivity contribution in [2.75, 3.05) is 17.2 Å². The molecule has 0 aliphatic heterocycles. The van der Waals surface area contributed by atoms with Gasteiger partial charge >= 0.3 is 0 Å². The van der Waals surface area contributed by atoms with E-state index in [1.54, 1.807) is 30.3 Å². The Morgan fingerprint density at radius 1 is 0.968 bits per heavy atom. The molecule has 0 saturated heterocycles. The summed E-state index contributed by atoms with van der Waals surface area (Å²) in [6.45, 7) is 0.373. The highest BCUT2D eigenvalue weighted by Crippen LogP contribution is 2.23. The highest BCUT2D eigenvalue weighted by Gasteiger charge is 2.18. The number of rotatable bonds is 9. The van der Waals surface area contributed by atoms with Gasteiger partial charge in [-0.15, -0.1) is 0 Å². The summed E-state index contributed by atoms with van der Waals surface area (Å²) >= 11 is 6.07. The van der Waals surface area contributed by atoms with E-state index in [1.807, 2.05) is 48.5 Å². The van der Waals surface area contributed by atoms with E-state index < -0.39 is 10.0 Å². The van der Waals surface area contributed by atoms with E-state index in [4.69, 9.17) is 16.3 Å². The van der Waals surface area contributed by atoms with Gasteiger partial charge < -0.3 is 10.1 Å². The molecule has 0 heterocycles. The first-order valence-corrected chi connectivity index (χ1v) is 11.8. The number of carbonyl (C=O) groups excluding carboxylic acids is 1. The fourth-order valence-electron chi connectivity index (χ4n) is 2.89. The Hall–Kier alpha value is -3.03. The summed E-state index contributed by atoms with van der Waals surface area (Å²) in [5, 5.41) is 3.34. The summed E-state index contributed by atoms with van der Waals surface area (Å²) in [4.78, 5) is 12.0. The minimum atomic E-state index is -3.47. The normalized spacial score (nSPS) is 11.0. The van der Waals surface area contributed by atoms with Gasteiger partial charge in [-0.05, 0) is 41.5 Å². The molecule has 3 aromatic rings. The molecule has 0 radical (unpaired) electrons. The number of anilines is 1. The number of ether oxygens (including phenoxy) is 1. The zero-order valence-corrected chi connectivity index (χ0v) is 18.6. The Morgan fingerprint density at radius 3 is 2.26 bits per heavy atom. The number of amides is 1. The molecule has 0 unspecified atom stereocenters. The van der Waals surface area contributed by atoms with Crippen LogP contribution in [0.2, 0.25) is 5.02 Å². The van der Waals surface area contributed by atoms with Crippen molar-refractivity contribution in [1.82, 2.24) is 5.32 Å². The van der Waals surface area contributed by atoms with Gasteiger partial charge in [0.15, 0.2) is 6.61 Å². The molecule has 0 aliphatic rings. The number of benzene rings is 3. The monoisotopic (exact) mass is 458 g/mol. The van der Waals surface area contributed by atoms with Crippen molar-refractivity contribution in [2.45, 2.75) is 13.1 Å². The molecule has 8 heteroatoms. The van der Waals surface area contributed by atoms with Crippen LogP contribution in [0.4, 0.5) is 5.69 Å². The molecule has 0 saturated carbocycles. The summed E-state index contributed by atoms with van der Waals surface area (Å²) in [6, 6.07) is 23.2. The second-order valence-corrected chi connectivity index (χ2v) is 9.22. The van der Waals surface area contributed by atoms with E-state index in [9.17, 15) is 13.2 Å². The third-order valence-corrected chi connectivity index (χ3v) is 6.01. The van der Waals surface area contributed by atoms with Crippen molar-refractivity contribution in [2.24, 2.45) is 0 Å². The number of hydrogen-bond donors (Lipinski definition) is 1. The zero-order valence-electron chi connectivity index (χ0n) is 17.0. The van der Waals surface area contributed by atoms with E-state index in [0.717, 1.165) is 11.1 Å². The third kappa shape index (κ3) is 6.73. The third-order valence-electron chi connectivity index (χ3n) is 4.50. The lowest BCUT2D eigenvalue weighted by Gasteiger charge is -2.22. The van der Waals surface area contributed by atoms with Crippen molar-refractivity contribution < 1.29 is 17.9 Å². The summed E-state index contributed by atoms with van der Waals surface area (Å²) in [6.07, 6.45) is 1.17. The molecule has 0 fully saturated rings. The maximum absolute atomic E-state index is 12.3. The van der Waals surface area contributed by atoms with Crippen molar-refractivity contribution >= 4 is 33.2 Å². The Balaban J connectivity index is 1.58. The molecule has 3 rings (SSSR count). The van der Waals surface area contributed by atoms with Crippen LogP contribution in [0.1, 0.15) is 11.1 Å².